The lowest BCUT2D eigenvalue weighted by Crippen LogP contribution is -2.55. The number of nitro benzene ring substituents is 1. The topological polar surface area (TPSA) is 125 Å². The number of rotatable bonds is 3. The molecule has 1 aliphatic heterocycles. The van der Waals surface area contributed by atoms with Crippen LogP contribution in [0.25, 0.3) is 0 Å². The fourth-order valence-electron chi connectivity index (χ4n) is 1.86. The van der Waals surface area contributed by atoms with E-state index in [1.165, 1.54) is 12.1 Å². The molecule has 0 spiro atoms. The van der Waals surface area contributed by atoms with E-state index in [9.17, 15) is 25.4 Å². The van der Waals surface area contributed by atoms with Gasteiger partial charge in [-0.1, -0.05) is 11.6 Å². The minimum atomic E-state index is -1.42. The molecule has 9 heteroatoms. The van der Waals surface area contributed by atoms with E-state index in [4.69, 9.17) is 16.3 Å². The van der Waals surface area contributed by atoms with E-state index in [1.54, 1.807) is 0 Å². The summed E-state index contributed by atoms with van der Waals surface area (Å²) in [6.45, 7) is -0.197. The zero-order valence-electron chi connectivity index (χ0n) is 10.1. The highest BCUT2D eigenvalue weighted by atomic mass is 35.5. The number of nitrogens with zero attached hydrogens (tertiary/aromatic N) is 1. The van der Waals surface area contributed by atoms with Crippen molar-refractivity contribution >= 4 is 23.0 Å². The molecular weight excluding hydrogens is 292 g/mol. The van der Waals surface area contributed by atoms with Crippen LogP contribution in [-0.2, 0) is 4.74 Å². The number of halogens is 1. The number of aliphatic hydroxyl groups is 3. The molecule has 1 fully saturated rings. The molecule has 4 unspecified atom stereocenters. The minimum absolute atomic E-state index is 0.0899. The predicted octanol–water partition coefficient (Wildman–Crippen LogP) is 0.0991. The third-order valence-corrected chi connectivity index (χ3v) is 3.19. The Bertz CT molecular complexity index is 514. The highest BCUT2D eigenvalue weighted by Gasteiger charge is 2.38. The maximum absolute atomic E-state index is 10.9. The zero-order chi connectivity index (χ0) is 14.9. The van der Waals surface area contributed by atoms with E-state index in [0.717, 1.165) is 6.07 Å². The number of benzene rings is 1. The Kier molecular flexibility index (Phi) is 4.41. The van der Waals surface area contributed by atoms with Crippen molar-refractivity contribution in [1.29, 1.82) is 0 Å². The summed E-state index contributed by atoms with van der Waals surface area (Å²) in [5, 5.41) is 42.4. The van der Waals surface area contributed by atoms with Gasteiger partial charge in [-0.05, 0) is 12.1 Å². The highest BCUT2D eigenvalue weighted by Crippen LogP contribution is 2.29. The number of nitrogens with one attached hydrogen (secondary N) is 1. The maximum atomic E-state index is 10.9. The van der Waals surface area contributed by atoms with Crippen LogP contribution in [-0.4, -0.2) is 51.4 Å². The number of nitro groups is 1. The summed E-state index contributed by atoms with van der Waals surface area (Å²) in [7, 11) is 0. The first kappa shape index (κ1) is 14.9. The minimum Gasteiger partial charge on any atom is -0.388 e. The van der Waals surface area contributed by atoms with Gasteiger partial charge in [0.15, 0.2) is 6.23 Å². The van der Waals surface area contributed by atoms with Gasteiger partial charge in [0, 0.05) is 11.1 Å². The summed E-state index contributed by atoms with van der Waals surface area (Å²) in [5.41, 5.74) is -0.194. The Morgan fingerprint density at radius 1 is 1.35 bits per heavy atom. The van der Waals surface area contributed by atoms with Gasteiger partial charge in [0.2, 0.25) is 0 Å². The molecule has 0 saturated carbocycles. The van der Waals surface area contributed by atoms with Gasteiger partial charge < -0.3 is 25.4 Å². The van der Waals surface area contributed by atoms with Crippen molar-refractivity contribution in [1.82, 2.24) is 0 Å². The van der Waals surface area contributed by atoms with Crippen molar-refractivity contribution < 1.29 is 25.0 Å². The molecule has 0 aromatic heterocycles. The lowest BCUT2D eigenvalue weighted by atomic mass is 10.0. The third kappa shape index (κ3) is 3.00. The molecule has 1 aliphatic rings. The van der Waals surface area contributed by atoms with Crippen LogP contribution in [0.5, 0.6) is 0 Å². The standard InChI is InChI=1S/C11H13ClN2O6/c12-5-1-2-6(7(3-5)14(18)19)13-11-10(17)9(16)8(15)4-20-11/h1-3,8-11,13,15-17H,4H2. The maximum Gasteiger partial charge on any atom is 0.293 e. The van der Waals surface area contributed by atoms with E-state index in [0.29, 0.717) is 0 Å². The van der Waals surface area contributed by atoms with Gasteiger partial charge >= 0.3 is 0 Å². The second-order valence-corrected chi connectivity index (χ2v) is 4.80. The zero-order valence-corrected chi connectivity index (χ0v) is 10.9. The number of anilines is 1. The Hall–Kier alpha value is -1.45. The van der Waals surface area contributed by atoms with Gasteiger partial charge in [0.1, 0.15) is 24.0 Å². The van der Waals surface area contributed by atoms with Crippen LogP contribution in [0, 0.1) is 10.1 Å². The molecule has 1 heterocycles. The van der Waals surface area contributed by atoms with Crippen LogP contribution in [0.4, 0.5) is 11.4 Å². The summed E-state index contributed by atoms with van der Waals surface area (Å²) >= 11 is 5.69. The third-order valence-electron chi connectivity index (χ3n) is 2.96. The highest BCUT2D eigenvalue weighted by molar-refractivity contribution is 6.30. The quantitative estimate of drug-likeness (QED) is 0.461. The lowest BCUT2D eigenvalue weighted by molar-refractivity contribution is -0.384. The first-order valence-electron chi connectivity index (χ1n) is 5.76. The molecule has 0 aliphatic carbocycles. The smallest absolute Gasteiger partial charge is 0.293 e. The van der Waals surface area contributed by atoms with Crippen LogP contribution in [0.1, 0.15) is 0 Å². The number of hydrogen-bond donors (Lipinski definition) is 4. The van der Waals surface area contributed by atoms with E-state index < -0.39 is 29.5 Å². The molecule has 0 radical (unpaired) electrons. The first-order valence-corrected chi connectivity index (χ1v) is 6.14. The van der Waals surface area contributed by atoms with E-state index in [-0.39, 0.29) is 23.0 Å². The predicted molar refractivity (Wildman–Crippen MR) is 69.5 cm³/mol. The van der Waals surface area contributed by atoms with Crippen LogP contribution < -0.4 is 5.32 Å². The van der Waals surface area contributed by atoms with Gasteiger partial charge in [0.05, 0.1) is 11.5 Å². The van der Waals surface area contributed by atoms with Crippen molar-refractivity contribution in [3.8, 4) is 0 Å². The normalized spacial score (nSPS) is 30.0. The van der Waals surface area contributed by atoms with Gasteiger partial charge in [0.25, 0.3) is 5.69 Å². The summed E-state index contributed by atoms with van der Waals surface area (Å²) in [6, 6.07) is 3.97. The second-order valence-electron chi connectivity index (χ2n) is 4.37. The van der Waals surface area contributed by atoms with Gasteiger partial charge in [-0.25, -0.2) is 0 Å². The molecule has 2 rings (SSSR count). The lowest BCUT2D eigenvalue weighted by Gasteiger charge is -2.35. The largest absolute Gasteiger partial charge is 0.388 e. The van der Waals surface area contributed by atoms with Crippen LogP contribution >= 0.6 is 11.6 Å². The fraction of sp³-hybridized carbons (Fsp3) is 0.455. The molecule has 1 saturated heterocycles. The van der Waals surface area contributed by atoms with Crippen molar-refractivity contribution in [2.75, 3.05) is 11.9 Å². The molecule has 4 atom stereocenters. The summed E-state index contributed by atoms with van der Waals surface area (Å²) < 4.78 is 5.12. The fourth-order valence-corrected chi connectivity index (χ4v) is 2.03. The first-order chi connectivity index (χ1) is 9.40. The molecule has 1 aromatic carbocycles. The Morgan fingerprint density at radius 2 is 2.05 bits per heavy atom. The SMILES string of the molecule is O=[N+]([O-])c1cc(Cl)ccc1NC1OCC(O)C(O)C1O. The van der Waals surface area contributed by atoms with Crippen molar-refractivity contribution in [3.05, 3.63) is 33.3 Å². The Balaban J connectivity index is 2.20. The second kappa shape index (κ2) is 5.90. The summed E-state index contributed by atoms with van der Waals surface area (Å²) in [6.07, 6.45) is -5.10. The average Bonchev–Trinajstić information content (AvgIpc) is 2.41. The van der Waals surface area contributed by atoms with E-state index in [1.807, 2.05) is 0 Å². The summed E-state index contributed by atoms with van der Waals surface area (Å²) in [4.78, 5) is 10.3. The van der Waals surface area contributed by atoms with E-state index >= 15 is 0 Å². The number of aliphatic hydroxyl groups excluding tert-OH is 3. The molecule has 8 nitrogen and oxygen atoms in total. The van der Waals surface area contributed by atoms with Crippen molar-refractivity contribution in [3.63, 3.8) is 0 Å². The monoisotopic (exact) mass is 304 g/mol. The molecule has 0 bridgehead atoms. The van der Waals surface area contributed by atoms with Crippen molar-refractivity contribution in [2.45, 2.75) is 24.5 Å². The molecule has 110 valence electrons. The van der Waals surface area contributed by atoms with Gasteiger partial charge in [-0.2, -0.15) is 0 Å². The van der Waals surface area contributed by atoms with Gasteiger partial charge in [-0.3, -0.25) is 10.1 Å². The summed E-state index contributed by atoms with van der Waals surface area (Å²) in [5.74, 6) is 0. The Morgan fingerprint density at radius 3 is 2.70 bits per heavy atom. The van der Waals surface area contributed by atoms with Crippen molar-refractivity contribution in [2.24, 2.45) is 0 Å². The number of hydrogen-bond acceptors (Lipinski definition) is 7. The van der Waals surface area contributed by atoms with Crippen LogP contribution in [0.15, 0.2) is 18.2 Å². The van der Waals surface area contributed by atoms with Gasteiger partial charge in [-0.15, -0.1) is 0 Å². The number of ether oxygens (including phenoxy) is 1. The van der Waals surface area contributed by atoms with Crippen LogP contribution in [0.2, 0.25) is 5.02 Å². The average molecular weight is 305 g/mol. The molecule has 4 N–H and O–H groups in total. The molecular formula is C11H13ClN2O6. The molecule has 20 heavy (non-hydrogen) atoms. The van der Waals surface area contributed by atoms with E-state index in [2.05, 4.69) is 5.32 Å². The van der Waals surface area contributed by atoms with Crippen LogP contribution in [0.3, 0.4) is 0 Å². The molecule has 1 aromatic rings. The molecule has 0 amide bonds. The Labute approximate surface area is 118 Å².